The van der Waals surface area contributed by atoms with Gasteiger partial charge in [0.05, 0.1) is 13.0 Å². The fraction of sp³-hybridized carbons (Fsp3) is 0.583. The van der Waals surface area contributed by atoms with Crippen LogP contribution in [0, 0.1) is 0 Å². The van der Waals surface area contributed by atoms with Gasteiger partial charge < -0.3 is 26.4 Å². The number of hydrogen-bond donors (Lipinski definition) is 5. The maximum atomic E-state index is 11.6. The molecule has 0 aliphatic carbocycles. The summed E-state index contributed by atoms with van der Waals surface area (Å²) in [7, 11) is 1.31. The average Bonchev–Trinajstić information content (AvgIpc) is 2.41. The van der Waals surface area contributed by atoms with Gasteiger partial charge in [0.1, 0.15) is 12.1 Å². The van der Waals surface area contributed by atoms with E-state index in [0.717, 1.165) is 0 Å². The van der Waals surface area contributed by atoms with E-state index in [0.29, 0.717) is 0 Å². The summed E-state index contributed by atoms with van der Waals surface area (Å²) >= 11 is 0. The van der Waals surface area contributed by atoms with Gasteiger partial charge in [0.25, 0.3) is 0 Å². The number of likely N-dealkylation sites (N-methyl/N-ethyl adjacent to an activating group) is 1. The lowest BCUT2D eigenvalue weighted by atomic mass is 10.2. The number of hydrogen-bond acceptors (Lipinski definition) is 5. The second-order valence-corrected chi connectivity index (χ2v) is 4.47. The molecule has 0 rings (SSSR count). The van der Waals surface area contributed by atoms with Crippen LogP contribution in [-0.4, -0.2) is 60.4 Å². The number of carbonyl (C=O) groups is 5. The lowest BCUT2D eigenvalue weighted by Gasteiger charge is -2.16. The summed E-state index contributed by atoms with van der Waals surface area (Å²) in [6.45, 7) is 2.23. The first kappa shape index (κ1) is 19.4. The van der Waals surface area contributed by atoms with Gasteiger partial charge in [-0.2, -0.15) is 0 Å². The third-order valence-corrected chi connectivity index (χ3v) is 2.51. The van der Waals surface area contributed by atoms with Crippen LogP contribution in [-0.2, 0) is 24.0 Å². The molecule has 0 unspecified atom stereocenters. The van der Waals surface area contributed by atoms with Crippen LogP contribution in [0.2, 0.25) is 0 Å². The van der Waals surface area contributed by atoms with E-state index in [9.17, 15) is 24.0 Å². The molecule has 10 nitrogen and oxygen atoms in total. The van der Waals surface area contributed by atoms with Gasteiger partial charge in [-0.3, -0.25) is 24.0 Å². The molecule has 0 saturated heterocycles. The molecule has 2 atom stereocenters. The Bertz CT molecular complexity index is 465. The Morgan fingerprint density at radius 3 is 2.09 bits per heavy atom. The van der Waals surface area contributed by atoms with Crippen LogP contribution in [0.1, 0.15) is 20.3 Å². The summed E-state index contributed by atoms with van der Waals surface area (Å²) < 4.78 is 0. The van der Waals surface area contributed by atoms with Gasteiger partial charge >= 0.3 is 5.97 Å². The van der Waals surface area contributed by atoms with Gasteiger partial charge in [0.15, 0.2) is 0 Å². The monoisotopic (exact) mass is 316 g/mol. The van der Waals surface area contributed by atoms with Gasteiger partial charge in [0, 0.05) is 14.0 Å². The summed E-state index contributed by atoms with van der Waals surface area (Å²) in [5.74, 6) is -3.61. The van der Waals surface area contributed by atoms with Gasteiger partial charge in [-0.25, -0.2) is 0 Å². The predicted octanol–water partition coefficient (Wildman–Crippen LogP) is -2.67. The SMILES string of the molecule is CNC(=O)[C@H](CC(=O)O)NC(=O)CNC(=O)[C@H](C)NC(C)=O. The Morgan fingerprint density at radius 1 is 1.05 bits per heavy atom. The summed E-state index contributed by atoms with van der Waals surface area (Å²) in [5, 5.41) is 17.7. The third kappa shape index (κ3) is 7.82. The fourth-order valence-corrected chi connectivity index (χ4v) is 1.49. The largest absolute Gasteiger partial charge is 0.481 e. The van der Waals surface area contributed by atoms with Crippen molar-refractivity contribution in [1.29, 1.82) is 0 Å². The van der Waals surface area contributed by atoms with Crippen molar-refractivity contribution < 1.29 is 29.1 Å². The van der Waals surface area contributed by atoms with E-state index < -0.39 is 54.6 Å². The minimum atomic E-state index is -1.25. The Hall–Kier alpha value is -2.65. The minimum absolute atomic E-state index is 0.395. The van der Waals surface area contributed by atoms with Crippen LogP contribution >= 0.6 is 0 Å². The quantitative estimate of drug-likeness (QED) is 0.329. The zero-order valence-corrected chi connectivity index (χ0v) is 12.6. The van der Waals surface area contributed by atoms with Crippen molar-refractivity contribution in [3.05, 3.63) is 0 Å². The van der Waals surface area contributed by atoms with Crippen molar-refractivity contribution in [2.24, 2.45) is 0 Å². The molecule has 0 radical (unpaired) electrons. The van der Waals surface area contributed by atoms with Crippen LogP contribution < -0.4 is 21.3 Å². The van der Waals surface area contributed by atoms with E-state index in [-0.39, 0.29) is 0 Å². The number of aliphatic carboxylic acids is 1. The Kier molecular flexibility index (Phi) is 8.19. The first-order valence-corrected chi connectivity index (χ1v) is 6.45. The highest BCUT2D eigenvalue weighted by molar-refractivity contribution is 5.93. The molecule has 22 heavy (non-hydrogen) atoms. The highest BCUT2D eigenvalue weighted by Gasteiger charge is 2.23. The third-order valence-electron chi connectivity index (χ3n) is 2.51. The average molecular weight is 316 g/mol. The molecule has 0 aromatic rings. The molecule has 0 heterocycles. The van der Waals surface area contributed by atoms with Crippen LogP contribution in [0.4, 0.5) is 0 Å². The lowest BCUT2D eigenvalue weighted by molar-refractivity contribution is -0.140. The fourth-order valence-electron chi connectivity index (χ4n) is 1.49. The number of carboxylic acid groups (broad SMARTS) is 1. The number of amides is 4. The number of carbonyl (C=O) groups excluding carboxylic acids is 4. The van der Waals surface area contributed by atoms with E-state index >= 15 is 0 Å². The van der Waals surface area contributed by atoms with E-state index in [1.165, 1.54) is 20.9 Å². The van der Waals surface area contributed by atoms with Gasteiger partial charge in [-0.1, -0.05) is 0 Å². The second-order valence-electron chi connectivity index (χ2n) is 4.47. The minimum Gasteiger partial charge on any atom is -0.481 e. The summed E-state index contributed by atoms with van der Waals surface area (Å²) in [4.78, 5) is 56.0. The maximum Gasteiger partial charge on any atom is 0.305 e. The molecule has 5 N–H and O–H groups in total. The standard InChI is InChI=1S/C12H20N4O6/c1-6(15-7(2)17)11(21)14-5-9(18)16-8(4-10(19)20)12(22)13-3/h6,8H,4-5H2,1-3H3,(H,13,22)(H,14,21)(H,15,17)(H,16,18)(H,19,20)/t6-,8-/m0/s1. The summed E-state index contributed by atoms with van der Waals surface area (Å²) in [5.41, 5.74) is 0. The zero-order valence-electron chi connectivity index (χ0n) is 12.6. The Labute approximate surface area is 127 Å². The highest BCUT2D eigenvalue weighted by atomic mass is 16.4. The van der Waals surface area contributed by atoms with Crippen LogP contribution in [0.25, 0.3) is 0 Å². The van der Waals surface area contributed by atoms with E-state index in [4.69, 9.17) is 5.11 Å². The molecule has 0 fully saturated rings. The van der Waals surface area contributed by atoms with Gasteiger partial charge in [-0.15, -0.1) is 0 Å². The molecule has 0 aliphatic rings. The zero-order chi connectivity index (χ0) is 17.3. The Morgan fingerprint density at radius 2 is 1.64 bits per heavy atom. The predicted molar refractivity (Wildman–Crippen MR) is 74.5 cm³/mol. The molecule has 0 aromatic carbocycles. The molecule has 0 bridgehead atoms. The molecule has 0 aliphatic heterocycles. The van der Waals surface area contributed by atoms with E-state index in [1.807, 2.05) is 0 Å². The molecule has 0 aromatic heterocycles. The van der Waals surface area contributed by atoms with Crippen LogP contribution in [0.15, 0.2) is 0 Å². The van der Waals surface area contributed by atoms with Crippen molar-refractivity contribution in [2.75, 3.05) is 13.6 Å². The molecule has 124 valence electrons. The number of rotatable bonds is 8. The Balaban J connectivity index is 4.40. The molecular formula is C12H20N4O6. The van der Waals surface area contributed by atoms with Crippen molar-refractivity contribution in [3.8, 4) is 0 Å². The molecular weight excluding hydrogens is 296 g/mol. The smallest absolute Gasteiger partial charge is 0.305 e. The molecule has 4 amide bonds. The van der Waals surface area contributed by atoms with E-state index in [1.54, 1.807) is 0 Å². The molecule has 0 spiro atoms. The molecule has 10 heteroatoms. The van der Waals surface area contributed by atoms with Crippen molar-refractivity contribution >= 4 is 29.6 Å². The van der Waals surface area contributed by atoms with Crippen molar-refractivity contribution in [1.82, 2.24) is 21.3 Å². The van der Waals surface area contributed by atoms with Gasteiger partial charge in [0.2, 0.25) is 23.6 Å². The van der Waals surface area contributed by atoms with Crippen molar-refractivity contribution in [2.45, 2.75) is 32.4 Å². The van der Waals surface area contributed by atoms with Crippen molar-refractivity contribution in [3.63, 3.8) is 0 Å². The van der Waals surface area contributed by atoms with Gasteiger partial charge in [-0.05, 0) is 6.92 Å². The number of nitrogens with one attached hydrogen (secondary N) is 4. The first-order valence-electron chi connectivity index (χ1n) is 6.45. The summed E-state index contributed by atoms with van der Waals surface area (Å²) in [6.07, 6.45) is -0.582. The highest BCUT2D eigenvalue weighted by Crippen LogP contribution is 1.92. The second kappa shape index (κ2) is 9.32. The maximum absolute atomic E-state index is 11.6. The van der Waals surface area contributed by atoms with Crippen LogP contribution in [0.5, 0.6) is 0 Å². The summed E-state index contributed by atoms with van der Waals surface area (Å²) in [6, 6.07) is -2.06. The normalized spacial score (nSPS) is 12.5. The lowest BCUT2D eigenvalue weighted by Crippen LogP contribution is -2.51. The number of carboxylic acids is 1. The topological polar surface area (TPSA) is 154 Å². The van der Waals surface area contributed by atoms with E-state index in [2.05, 4.69) is 21.3 Å². The first-order chi connectivity index (χ1) is 10.2. The molecule has 0 saturated carbocycles. The van der Waals surface area contributed by atoms with Crippen LogP contribution in [0.3, 0.4) is 0 Å².